The Bertz CT molecular complexity index is 620. The van der Waals surface area contributed by atoms with Crippen molar-refractivity contribution in [2.75, 3.05) is 6.61 Å². The third-order valence-electron chi connectivity index (χ3n) is 3.58. The normalized spacial score (nSPS) is 11.8. The van der Waals surface area contributed by atoms with Crippen LogP contribution in [0, 0.1) is 13.8 Å². The van der Waals surface area contributed by atoms with Gasteiger partial charge in [0.05, 0.1) is 6.04 Å². The molecule has 0 spiro atoms. The van der Waals surface area contributed by atoms with Gasteiger partial charge in [0.2, 0.25) is 0 Å². The van der Waals surface area contributed by atoms with Gasteiger partial charge < -0.3 is 10.1 Å². The summed E-state index contributed by atoms with van der Waals surface area (Å²) in [6, 6.07) is 15.5. The van der Waals surface area contributed by atoms with Gasteiger partial charge in [0.1, 0.15) is 12.4 Å². The van der Waals surface area contributed by atoms with Gasteiger partial charge in [-0.1, -0.05) is 36.8 Å². The molecule has 0 aliphatic rings. The lowest BCUT2D eigenvalue weighted by Gasteiger charge is -2.18. The molecule has 0 saturated heterocycles. The number of carbonyl (C=O) groups is 1. The van der Waals surface area contributed by atoms with Gasteiger partial charge in [0.15, 0.2) is 0 Å². The summed E-state index contributed by atoms with van der Waals surface area (Å²) in [7, 11) is 0. The van der Waals surface area contributed by atoms with Crippen LogP contribution in [0.5, 0.6) is 5.75 Å². The number of hydrogen-bond acceptors (Lipinski definition) is 2. The van der Waals surface area contributed by atoms with E-state index in [1.165, 1.54) is 0 Å². The first-order chi connectivity index (χ1) is 10.6. The molecule has 0 fully saturated rings. The van der Waals surface area contributed by atoms with E-state index in [0.29, 0.717) is 12.2 Å². The lowest BCUT2D eigenvalue weighted by molar-refractivity contribution is 0.0920. The summed E-state index contributed by atoms with van der Waals surface area (Å²) >= 11 is 0. The van der Waals surface area contributed by atoms with Crippen molar-refractivity contribution in [2.45, 2.75) is 33.2 Å². The van der Waals surface area contributed by atoms with Gasteiger partial charge in [-0.2, -0.15) is 0 Å². The van der Waals surface area contributed by atoms with Crippen molar-refractivity contribution in [1.29, 1.82) is 0 Å². The van der Waals surface area contributed by atoms with Crippen LogP contribution in [0.4, 0.5) is 0 Å². The summed E-state index contributed by atoms with van der Waals surface area (Å²) in [6.45, 7) is 6.55. The average molecular weight is 297 g/mol. The Morgan fingerprint density at radius 3 is 2.45 bits per heavy atom. The molecule has 0 aliphatic heterocycles. The molecule has 0 aliphatic carbocycles. The SMILES string of the molecule is CC[C@@H](COc1cccc(C)c1)NC(=O)c1ccc(C)cc1. The average Bonchev–Trinajstić information content (AvgIpc) is 2.52. The lowest BCUT2D eigenvalue weighted by Crippen LogP contribution is -2.38. The molecule has 22 heavy (non-hydrogen) atoms. The Morgan fingerprint density at radius 2 is 1.82 bits per heavy atom. The number of hydrogen-bond donors (Lipinski definition) is 1. The second kappa shape index (κ2) is 7.64. The molecule has 1 N–H and O–H groups in total. The van der Waals surface area contributed by atoms with Crippen molar-refractivity contribution in [1.82, 2.24) is 5.32 Å². The summed E-state index contributed by atoms with van der Waals surface area (Å²) in [6.07, 6.45) is 0.823. The first kappa shape index (κ1) is 16.1. The minimum atomic E-state index is -0.0558. The smallest absolute Gasteiger partial charge is 0.251 e. The molecule has 116 valence electrons. The maximum atomic E-state index is 12.2. The van der Waals surface area contributed by atoms with E-state index in [2.05, 4.69) is 5.32 Å². The van der Waals surface area contributed by atoms with Crippen LogP contribution in [-0.4, -0.2) is 18.6 Å². The lowest BCUT2D eigenvalue weighted by atomic mass is 10.1. The molecule has 0 heterocycles. The summed E-state index contributed by atoms with van der Waals surface area (Å²) in [5.41, 5.74) is 2.99. The molecule has 1 atom stereocenters. The van der Waals surface area contributed by atoms with Gasteiger partial charge in [0, 0.05) is 5.56 Å². The third kappa shape index (κ3) is 4.62. The fourth-order valence-corrected chi connectivity index (χ4v) is 2.14. The zero-order valence-corrected chi connectivity index (χ0v) is 13.4. The van der Waals surface area contributed by atoms with Crippen LogP contribution >= 0.6 is 0 Å². The van der Waals surface area contributed by atoms with Crippen LogP contribution in [0.25, 0.3) is 0 Å². The number of ether oxygens (including phenoxy) is 1. The summed E-state index contributed by atoms with van der Waals surface area (Å²) in [5.74, 6) is 0.780. The van der Waals surface area contributed by atoms with Crippen molar-refractivity contribution in [3.05, 3.63) is 65.2 Å². The Morgan fingerprint density at radius 1 is 1.09 bits per heavy atom. The molecule has 1 amide bonds. The molecule has 3 nitrogen and oxygen atoms in total. The molecule has 2 rings (SSSR count). The van der Waals surface area contributed by atoms with Crippen LogP contribution in [0.15, 0.2) is 48.5 Å². The predicted octanol–water partition coefficient (Wildman–Crippen LogP) is 3.89. The third-order valence-corrected chi connectivity index (χ3v) is 3.58. The number of nitrogens with one attached hydrogen (secondary N) is 1. The number of carbonyl (C=O) groups excluding carboxylic acids is 1. The van der Waals surface area contributed by atoms with Crippen LogP contribution in [0.1, 0.15) is 34.8 Å². The fourth-order valence-electron chi connectivity index (χ4n) is 2.14. The van der Waals surface area contributed by atoms with Gasteiger partial charge >= 0.3 is 0 Å². The molecular formula is C19H23NO2. The molecule has 0 bridgehead atoms. The zero-order valence-electron chi connectivity index (χ0n) is 13.4. The van der Waals surface area contributed by atoms with Gasteiger partial charge in [-0.25, -0.2) is 0 Å². The highest BCUT2D eigenvalue weighted by Gasteiger charge is 2.12. The molecule has 2 aromatic rings. The molecule has 3 heteroatoms. The summed E-state index contributed by atoms with van der Waals surface area (Å²) in [4.78, 5) is 12.2. The summed E-state index contributed by atoms with van der Waals surface area (Å²) in [5, 5.41) is 3.02. The van der Waals surface area contributed by atoms with Crippen molar-refractivity contribution < 1.29 is 9.53 Å². The van der Waals surface area contributed by atoms with Crippen LogP contribution in [-0.2, 0) is 0 Å². The van der Waals surface area contributed by atoms with Gasteiger partial charge in [-0.05, 0) is 50.1 Å². The minimum Gasteiger partial charge on any atom is -0.491 e. The van der Waals surface area contributed by atoms with E-state index >= 15 is 0 Å². The van der Waals surface area contributed by atoms with Crippen molar-refractivity contribution >= 4 is 5.91 Å². The zero-order chi connectivity index (χ0) is 15.9. The molecular weight excluding hydrogens is 274 g/mol. The van der Waals surface area contributed by atoms with Crippen molar-refractivity contribution in [3.63, 3.8) is 0 Å². The number of amides is 1. The van der Waals surface area contributed by atoms with Gasteiger partial charge in [0.25, 0.3) is 5.91 Å². The van der Waals surface area contributed by atoms with E-state index in [1.54, 1.807) is 0 Å². The highest BCUT2D eigenvalue weighted by atomic mass is 16.5. The maximum Gasteiger partial charge on any atom is 0.251 e. The standard InChI is InChI=1S/C19H23NO2/c1-4-17(13-22-18-7-5-6-15(3)12-18)20-19(21)16-10-8-14(2)9-11-16/h5-12,17H,4,13H2,1-3H3,(H,20,21)/t17-/m0/s1. The Kier molecular flexibility index (Phi) is 5.59. The first-order valence-electron chi connectivity index (χ1n) is 7.65. The molecule has 2 aromatic carbocycles. The van der Waals surface area contributed by atoms with Crippen LogP contribution in [0.2, 0.25) is 0 Å². The molecule has 0 unspecified atom stereocenters. The van der Waals surface area contributed by atoms with Crippen LogP contribution < -0.4 is 10.1 Å². The van der Waals surface area contributed by atoms with Crippen molar-refractivity contribution in [3.8, 4) is 5.75 Å². The second-order valence-electron chi connectivity index (χ2n) is 5.57. The number of rotatable bonds is 6. The highest BCUT2D eigenvalue weighted by Crippen LogP contribution is 2.13. The Balaban J connectivity index is 1.91. The molecule has 0 aromatic heterocycles. The quantitative estimate of drug-likeness (QED) is 0.878. The molecule has 0 radical (unpaired) electrons. The van der Waals surface area contributed by atoms with E-state index in [4.69, 9.17) is 4.74 Å². The van der Waals surface area contributed by atoms with Gasteiger partial charge in [-0.3, -0.25) is 4.79 Å². The van der Waals surface area contributed by atoms with E-state index in [9.17, 15) is 4.79 Å². The van der Waals surface area contributed by atoms with Crippen LogP contribution in [0.3, 0.4) is 0 Å². The van der Waals surface area contributed by atoms with E-state index in [-0.39, 0.29) is 11.9 Å². The minimum absolute atomic E-state index is 0.00526. The van der Waals surface area contributed by atoms with E-state index in [0.717, 1.165) is 23.3 Å². The van der Waals surface area contributed by atoms with E-state index < -0.39 is 0 Å². The predicted molar refractivity (Wildman–Crippen MR) is 89.4 cm³/mol. The topological polar surface area (TPSA) is 38.3 Å². The second-order valence-corrected chi connectivity index (χ2v) is 5.57. The Hall–Kier alpha value is -2.29. The van der Waals surface area contributed by atoms with E-state index in [1.807, 2.05) is 69.3 Å². The fraction of sp³-hybridized carbons (Fsp3) is 0.316. The largest absolute Gasteiger partial charge is 0.491 e. The summed E-state index contributed by atoms with van der Waals surface area (Å²) < 4.78 is 5.78. The number of aryl methyl sites for hydroxylation is 2. The first-order valence-corrected chi connectivity index (χ1v) is 7.65. The number of benzene rings is 2. The highest BCUT2D eigenvalue weighted by molar-refractivity contribution is 5.94. The Labute approximate surface area is 132 Å². The molecule has 0 saturated carbocycles. The van der Waals surface area contributed by atoms with Crippen molar-refractivity contribution in [2.24, 2.45) is 0 Å². The maximum absolute atomic E-state index is 12.2. The van der Waals surface area contributed by atoms with Gasteiger partial charge in [-0.15, -0.1) is 0 Å². The monoisotopic (exact) mass is 297 g/mol.